The van der Waals surface area contributed by atoms with E-state index in [4.69, 9.17) is 28.4 Å². The molecular weight excluding hydrogens is 1150 g/mol. The van der Waals surface area contributed by atoms with Gasteiger partial charge in [0.25, 0.3) is 11.8 Å². The average Bonchev–Trinajstić information content (AvgIpc) is 2.06. The summed E-state index contributed by atoms with van der Waals surface area (Å²) >= 11 is 0. The van der Waals surface area contributed by atoms with Crippen LogP contribution in [0.15, 0.2) is 91.0 Å². The van der Waals surface area contributed by atoms with Crippen LogP contribution in [0.5, 0.6) is 17.2 Å². The van der Waals surface area contributed by atoms with Gasteiger partial charge in [0.2, 0.25) is 29.4 Å². The summed E-state index contributed by atoms with van der Waals surface area (Å²) in [5, 5.41) is 7.38. The first-order chi connectivity index (χ1) is 42.3. The summed E-state index contributed by atoms with van der Waals surface area (Å²) in [6.07, 6.45) is 3.96. The monoisotopic (exact) mass is 1230 g/mol. The van der Waals surface area contributed by atoms with E-state index in [9.17, 15) is 38.4 Å². The fourth-order valence-corrected chi connectivity index (χ4v) is 10.4. The van der Waals surface area contributed by atoms with E-state index in [1.165, 1.54) is 88.2 Å². The first kappa shape index (κ1) is 69.7. The molecule has 0 radical (unpaired) electrons. The summed E-state index contributed by atoms with van der Waals surface area (Å²) in [5.74, 6) is -7.40. The molecule has 2 bridgehead atoms. The molecule has 21 nitrogen and oxygen atoms in total. The highest BCUT2D eigenvalue weighted by Gasteiger charge is 2.43. The number of aryl methyl sites for hydroxylation is 1. The number of Topliss-reactive ketones (excluding diaryl/α,β-unsaturated/α-hetero) is 1. The van der Waals surface area contributed by atoms with Crippen molar-refractivity contribution in [2.24, 2.45) is 5.41 Å². The standard InChI is InChI=1S/C67H87FN6O15/c1-12-13-24-49-62(80)70-48(37-44-28-31-45-21-14-15-22-46(45)36-44)63(81)73(9)51(40-88-66(2,3)4)61(79)69-39-56(75)71(7)34-18-17-27-58(77)87-42-67(5,6)60(78)64(82)74-35-19-16-25-50(74)65(83)89-52(32-29-43-30-33-53(84-10)55(38-43)85-11)47-23-20-26-54(59(47)68)86-41-57(76)72(49)8/h14-15,17,20-23,26-28,30-31,33,36,38,48-52H,12-13,16,18-19,24-25,29,32,34-35,37,39-42H2,1-11H3,(H,69,79)(H,70,80)/b27-17+/t48-,49-,50-,51-,52+/m0/s1. The topological polar surface area (TPSA) is 246 Å². The number of carbonyl (C=O) groups excluding carboxylic acids is 9. The largest absolute Gasteiger partial charge is 0.493 e. The lowest BCUT2D eigenvalue weighted by molar-refractivity contribution is -0.165. The molecule has 0 aliphatic carbocycles. The van der Waals surface area contributed by atoms with Gasteiger partial charge in [0.05, 0.1) is 38.4 Å². The third-order valence-corrected chi connectivity index (χ3v) is 15.9. The Kier molecular flexibility index (Phi) is 25.2. The van der Waals surface area contributed by atoms with Crippen LogP contribution in [0.3, 0.4) is 0 Å². The van der Waals surface area contributed by atoms with Crippen LogP contribution in [-0.4, -0.2) is 177 Å². The van der Waals surface area contributed by atoms with Crippen LogP contribution in [0.4, 0.5) is 4.39 Å². The molecule has 2 N–H and O–H groups in total. The number of piperidine rings is 1. The lowest BCUT2D eigenvalue weighted by atomic mass is 9.87. The van der Waals surface area contributed by atoms with Gasteiger partial charge in [0, 0.05) is 52.3 Å². The summed E-state index contributed by atoms with van der Waals surface area (Å²) in [4.78, 5) is 132. The molecule has 482 valence electrons. The second kappa shape index (κ2) is 32.2. The van der Waals surface area contributed by atoms with Crippen LogP contribution in [-0.2, 0) is 70.2 Å². The minimum Gasteiger partial charge on any atom is -0.493 e. The molecule has 1 saturated heterocycles. The molecule has 4 aromatic rings. The number of cyclic esters (lactones) is 2. The number of ketones is 1. The molecule has 2 heterocycles. The number of ether oxygens (including phenoxy) is 6. The maximum atomic E-state index is 17.2. The van der Waals surface area contributed by atoms with E-state index in [1.54, 1.807) is 39.0 Å². The zero-order chi connectivity index (χ0) is 65.2. The number of halogens is 1. The van der Waals surface area contributed by atoms with Crippen molar-refractivity contribution < 1.29 is 76.0 Å². The number of likely N-dealkylation sites (N-methyl/N-ethyl adjacent to an activating group) is 3. The van der Waals surface area contributed by atoms with Gasteiger partial charge in [-0.25, -0.2) is 14.0 Å². The molecule has 6 amide bonds. The van der Waals surface area contributed by atoms with Crippen LogP contribution < -0.4 is 24.8 Å². The Hall–Kier alpha value is -8.40. The first-order valence-electron chi connectivity index (χ1n) is 30.2. The highest BCUT2D eigenvalue weighted by Crippen LogP contribution is 2.35. The summed E-state index contributed by atoms with van der Waals surface area (Å²) in [6, 6.07) is 17.6. The van der Waals surface area contributed by atoms with E-state index in [2.05, 4.69) is 10.6 Å². The fourth-order valence-electron chi connectivity index (χ4n) is 10.4. The van der Waals surface area contributed by atoms with E-state index in [1.807, 2.05) is 49.4 Å². The number of benzene rings is 4. The number of carbonyl (C=O) groups is 9. The Morgan fingerprint density at radius 3 is 2.18 bits per heavy atom. The van der Waals surface area contributed by atoms with E-state index >= 15 is 9.18 Å². The summed E-state index contributed by atoms with van der Waals surface area (Å²) in [6.45, 7) is 8.22. The lowest BCUT2D eigenvalue weighted by Crippen LogP contribution is -2.59. The number of fused-ring (bicyclic) bond motifs is 4. The zero-order valence-corrected chi connectivity index (χ0v) is 53.2. The molecule has 2 aliphatic rings. The number of esters is 2. The van der Waals surface area contributed by atoms with E-state index < -0.39 is 120 Å². The Balaban J connectivity index is 1.37. The molecule has 0 unspecified atom stereocenters. The van der Waals surface area contributed by atoms with Crippen molar-refractivity contribution in [2.75, 3.05) is 74.8 Å². The van der Waals surface area contributed by atoms with Crippen molar-refractivity contribution >= 4 is 63.9 Å². The predicted molar refractivity (Wildman–Crippen MR) is 330 cm³/mol. The molecule has 22 heteroatoms. The number of unbranched alkanes of at least 4 members (excludes halogenated alkanes) is 1. The molecule has 5 atom stereocenters. The van der Waals surface area contributed by atoms with Crippen LogP contribution in [0.2, 0.25) is 0 Å². The lowest BCUT2D eigenvalue weighted by Gasteiger charge is -2.36. The average molecular weight is 1240 g/mol. The number of hydrogen-bond acceptors (Lipinski definition) is 15. The zero-order valence-electron chi connectivity index (χ0n) is 53.2. The molecule has 89 heavy (non-hydrogen) atoms. The Labute approximate surface area is 520 Å². The second-order valence-corrected chi connectivity index (χ2v) is 24.2. The van der Waals surface area contributed by atoms with Crippen molar-refractivity contribution in [3.63, 3.8) is 0 Å². The molecular formula is C67H87FN6O15. The highest BCUT2D eigenvalue weighted by molar-refractivity contribution is 6.38. The molecule has 1 fully saturated rings. The van der Waals surface area contributed by atoms with Crippen LogP contribution in [0.25, 0.3) is 10.8 Å². The van der Waals surface area contributed by atoms with Crippen molar-refractivity contribution in [1.29, 1.82) is 0 Å². The third-order valence-electron chi connectivity index (χ3n) is 15.9. The maximum absolute atomic E-state index is 17.2. The molecule has 2 aliphatic heterocycles. The van der Waals surface area contributed by atoms with Gasteiger partial charge in [-0.15, -0.1) is 0 Å². The maximum Gasteiger partial charge on any atom is 0.330 e. The number of rotatable bonds is 12. The van der Waals surface area contributed by atoms with Gasteiger partial charge in [0.1, 0.15) is 36.9 Å². The molecule has 6 rings (SSSR count). The quantitative estimate of drug-likeness (QED) is 0.107. The number of nitrogens with zero attached hydrogens (tertiary/aromatic N) is 4. The first-order valence-corrected chi connectivity index (χ1v) is 30.2. The molecule has 0 saturated carbocycles. The van der Waals surface area contributed by atoms with Crippen LogP contribution >= 0.6 is 0 Å². The fraction of sp³-hybridized carbons (Fsp3) is 0.507. The van der Waals surface area contributed by atoms with Gasteiger partial charge < -0.3 is 58.7 Å². The van der Waals surface area contributed by atoms with Crippen molar-refractivity contribution in [1.82, 2.24) is 30.2 Å². The van der Waals surface area contributed by atoms with Crippen LogP contribution in [0, 0.1) is 11.2 Å². The minimum atomic E-state index is -1.55. The summed E-state index contributed by atoms with van der Waals surface area (Å²) in [7, 11) is 7.29. The predicted octanol–water partition coefficient (Wildman–Crippen LogP) is 7.03. The van der Waals surface area contributed by atoms with E-state index in [0.29, 0.717) is 48.3 Å². The molecule has 4 aromatic carbocycles. The SMILES string of the molecule is CCCC[C@H]1C(=O)N[C@@H](Cc2ccc3ccccc3c2)C(=O)N(C)[C@@H](COC(C)(C)C)C(=O)NCC(=O)N(C)CC/C=C/C(=O)OCC(C)(C)C(=O)C(=O)N2CCCC[C@H]2C(=O)O[C@H](CCc2ccc(OC)c(OC)c2)c2cccc(c2F)OCC(=O)N1C. The Morgan fingerprint density at radius 1 is 0.753 bits per heavy atom. The van der Waals surface area contributed by atoms with Gasteiger partial charge in [-0.2, -0.15) is 0 Å². The van der Waals surface area contributed by atoms with Gasteiger partial charge in [-0.05, 0) is 120 Å². The van der Waals surface area contributed by atoms with Crippen LogP contribution in [0.1, 0.15) is 116 Å². The van der Waals surface area contributed by atoms with Gasteiger partial charge in [0.15, 0.2) is 29.7 Å². The summed E-state index contributed by atoms with van der Waals surface area (Å²) in [5.41, 5.74) is -1.05. The van der Waals surface area contributed by atoms with Gasteiger partial charge >= 0.3 is 11.9 Å². The van der Waals surface area contributed by atoms with E-state index in [0.717, 1.165) is 21.7 Å². The number of methoxy groups -OCH3 is 2. The second-order valence-electron chi connectivity index (χ2n) is 24.2. The molecule has 0 spiro atoms. The molecule has 0 aromatic heterocycles. The third kappa shape index (κ3) is 19.3. The van der Waals surface area contributed by atoms with E-state index in [-0.39, 0.29) is 69.5 Å². The van der Waals surface area contributed by atoms with Crippen molar-refractivity contribution in [3.05, 3.63) is 114 Å². The Morgan fingerprint density at radius 2 is 1.47 bits per heavy atom. The smallest absolute Gasteiger partial charge is 0.330 e. The van der Waals surface area contributed by atoms with Gasteiger partial charge in [-0.3, -0.25) is 33.6 Å². The normalized spacial score (nSPS) is 21.8. The number of amides is 6. The van der Waals surface area contributed by atoms with Crippen molar-refractivity contribution in [2.45, 2.75) is 142 Å². The Bertz CT molecular complexity index is 3220. The number of nitrogens with one attached hydrogen (secondary N) is 2. The van der Waals surface area contributed by atoms with Crippen molar-refractivity contribution in [3.8, 4) is 17.2 Å². The minimum absolute atomic E-state index is 0.00253. The summed E-state index contributed by atoms with van der Waals surface area (Å²) < 4.78 is 51.8. The number of hydrogen-bond donors (Lipinski definition) is 2. The van der Waals surface area contributed by atoms with Gasteiger partial charge in [-0.1, -0.05) is 86.5 Å². The highest BCUT2D eigenvalue weighted by atomic mass is 19.1.